The number of aliphatic hydroxyl groups excluding tert-OH is 1. The number of ether oxygens (including phenoxy) is 1. The van der Waals surface area contributed by atoms with Crippen molar-refractivity contribution in [3.8, 4) is 0 Å². The summed E-state index contributed by atoms with van der Waals surface area (Å²) in [4.78, 5) is 9.22. The summed E-state index contributed by atoms with van der Waals surface area (Å²) in [6.07, 6.45) is 1.72. The lowest BCUT2D eigenvalue weighted by molar-refractivity contribution is 0.0376. The predicted molar refractivity (Wildman–Crippen MR) is 108 cm³/mol. The first kappa shape index (κ1) is 20.1. The molecule has 27 heavy (non-hydrogen) atoms. The molecule has 1 aromatic rings. The van der Waals surface area contributed by atoms with Gasteiger partial charge in [-0.1, -0.05) is 24.3 Å². The number of aliphatic imine (C=N–C) groups is 1. The lowest BCUT2D eigenvalue weighted by Gasteiger charge is -2.26. The molecule has 1 atom stereocenters. The lowest BCUT2D eigenvalue weighted by Crippen LogP contribution is -2.39. The van der Waals surface area contributed by atoms with Gasteiger partial charge in [0.2, 0.25) is 0 Å². The normalized spacial score (nSPS) is 22.3. The minimum atomic E-state index is -0.188. The van der Waals surface area contributed by atoms with Crippen molar-refractivity contribution < 1.29 is 9.84 Å². The molecule has 1 aromatic carbocycles. The zero-order valence-corrected chi connectivity index (χ0v) is 16.1. The number of morpholine rings is 1. The Morgan fingerprint density at radius 2 is 1.96 bits per heavy atom. The molecule has 0 aliphatic carbocycles. The fourth-order valence-electron chi connectivity index (χ4n) is 3.63. The van der Waals surface area contributed by atoms with E-state index in [2.05, 4.69) is 38.3 Å². The Morgan fingerprint density at radius 3 is 2.70 bits per heavy atom. The van der Waals surface area contributed by atoms with Crippen molar-refractivity contribution in [1.29, 1.82) is 0 Å². The van der Waals surface area contributed by atoms with E-state index in [0.29, 0.717) is 12.5 Å². The van der Waals surface area contributed by atoms with Crippen LogP contribution >= 0.6 is 0 Å². The smallest absolute Gasteiger partial charge is 0.188 e. The number of nitrogens with zero attached hydrogens (tertiary/aromatic N) is 3. The largest absolute Gasteiger partial charge is 0.392 e. The number of likely N-dealkylation sites (tertiary alicyclic amines) is 1. The number of guanidine groups is 1. The summed E-state index contributed by atoms with van der Waals surface area (Å²) >= 11 is 0. The maximum absolute atomic E-state index is 9.71. The second-order valence-corrected chi connectivity index (χ2v) is 7.38. The molecule has 0 saturated carbocycles. The molecule has 4 N–H and O–H groups in total. The molecular formula is C20H33N5O2. The van der Waals surface area contributed by atoms with Gasteiger partial charge in [0, 0.05) is 39.3 Å². The van der Waals surface area contributed by atoms with E-state index >= 15 is 0 Å². The van der Waals surface area contributed by atoms with Gasteiger partial charge in [-0.15, -0.1) is 0 Å². The van der Waals surface area contributed by atoms with Crippen LogP contribution in [0.5, 0.6) is 0 Å². The quantitative estimate of drug-likeness (QED) is 0.346. The lowest BCUT2D eigenvalue weighted by atomic mass is 10.1. The van der Waals surface area contributed by atoms with Crippen LogP contribution in [-0.2, 0) is 17.8 Å². The molecule has 2 saturated heterocycles. The van der Waals surface area contributed by atoms with Gasteiger partial charge in [-0.3, -0.25) is 9.80 Å². The SMILES string of the molecule is NC(=NCc1ccccc1CN1CCC(O)C1)NCCCN1CCOCC1. The molecule has 0 spiro atoms. The summed E-state index contributed by atoms with van der Waals surface area (Å²) in [5.74, 6) is 0.503. The molecule has 2 heterocycles. The Morgan fingerprint density at radius 1 is 1.19 bits per heavy atom. The third-order valence-electron chi connectivity index (χ3n) is 5.24. The third kappa shape index (κ3) is 6.77. The van der Waals surface area contributed by atoms with Crippen LogP contribution < -0.4 is 11.1 Å². The van der Waals surface area contributed by atoms with Crippen LogP contribution in [0, 0.1) is 0 Å². The summed E-state index contributed by atoms with van der Waals surface area (Å²) in [5.41, 5.74) is 8.49. The second kappa shape index (κ2) is 10.6. The van der Waals surface area contributed by atoms with Crippen molar-refractivity contribution in [2.24, 2.45) is 10.7 Å². The summed E-state index contributed by atoms with van der Waals surface area (Å²) < 4.78 is 5.36. The van der Waals surface area contributed by atoms with Crippen LogP contribution in [0.15, 0.2) is 29.3 Å². The highest BCUT2D eigenvalue weighted by Gasteiger charge is 2.20. The fraction of sp³-hybridized carbons (Fsp3) is 0.650. The number of β-amino-alcohol motifs (C(OH)–C–C–N with tert-alkyl or cyclic N) is 1. The highest BCUT2D eigenvalue weighted by Crippen LogP contribution is 2.17. The fourth-order valence-corrected chi connectivity index (χ4v) is 3.63. The number of nitrogens with one attached hydrogen (secondary N) is 1. The maximum atomic E-state index is 9.71. The summed E-state index contributed by atoms with van der Waals surface area (Å²) in [7, 11) is 0. The Kier molecular flexibility index (Phi) is 7.89. The Bertz CT molecular complexity index is 604. The Hall–Kier alpha value is -1.67. The standard InChI is InChI=1S/C20H33N5O2/c21-20(22-7-3-8-24-10-12-27-13-11-24)23-14-17-4-1-2-5-18(17)15-25-9-6-19(26)16-25/h1-2,4-5,19,26H,3,6-16H2,(H3,21,22,23). The number of hydrogen-bond donors (Lipinski definition) is 3. The summed E-state index contributed by atoms with van der Waals surface area (Å²) in [5, 5.41) is 12.9. The zero-order valence-electron chi connectivity index (χ0n) is 16.1. The van der Waals surface area contributed by atoms with Crippen LogP contribution in [0.4, 0.5) is 0 Å². The Labute approximate surface area is 162 Å². The molecule has 7 nitrogen and oxygen atoms in total. The highest BCUT2D eigenvalue weighted by molar-refractivity contribution is 5.77. The van der Waals surface area contributed by atoms with Crippen LogP contribution in [-0.4, -0.2) is 79.5 Å². The van der Waals surface area contributed by atoms with Crippen LogP contribution in [0.1, 0.15) is 24.0 Å². The number of benzene rings is 1. The molecule has 0 aromatic heterocycles. The number of rotatable bonds is 8. The van der Waals surface area contributed by atoms with Gasteiger partial charge in [-0.05, 0) is 30.5 Å². The van der Waals surface area contributed by atoms with Crippen molar-refractivity contribution in [3.63, 3.8) is 0 Å². The first-order chi connectivity index (χ1) is 13.2. The van der Waals surface area contributed by atoms with Crippen molar-refractivity contribution in [1.82, 2.24) is 15.1 Å². The van der Waals surface area contributed by atoms with Gasteiger partial charge in [0.25, 0.3) is 0 Å². The van der Waals surface area contributed by atoms with E-state index in [0.717, 1.165) is 71.9 Å². The molecule has 0 amide bonds. The number of hydrogen-bond acceptors (Lipinski definition) is 5. The van der Waals surface area contributed by atoms with Gasteiger partial charge in [-0.25, -0.2) is 4.99 Å². The van der Waals surface area contributed by atoms with Gasteiger partial charge in [0.15, 0.2) is 5.96 Å². The first-order valence-electron chi connectivity index (χ1n) is 10.0. The average Bonchev–Trinajstić information content (AvgIpc) is 3.10. The van der Waals surface area contributed by atoms with E-state index in [9.17, 15) is 5.11 Å². The van der Waals surface area contributed by atoms with Gasteiger partial charge in [0.1, 0.15) is 0 Å². The first-order valence-corrected chi connectivity index (χ1v) is 10.0. The molecule has 150 valence electrons. The maximum Gasteiger partial charge on any atom is 0.188 e. The van der Waals surface area contributed by atoms with Gasteiger partial charge in [0.05, 0.1) is 25.9 Å². The molecular weight excluding hydrogens is 342 g/mol. The van der Waals surface area contributed by atoms with Crippen LogP contribution in [0.25, 0.3) is 0 Å². The second-order valence-electron chi connectivity index (χ2n) is 7.38. The topological polar surface area (TPSA) is 86.3 Å². The molecule has 2 aliphatic rings. The van der Waals surface area contributed by atoms with E-state index in [1.165, 1.54) is 11.1 Å². The van der Waals surface area contributed by atoms with E-state index in [1.54, 1.807) is 0 Å². The van der Waals surface area contributed by atoms with Gasteiger partial charge in [-0.2, -0.15) is 0 Å². The van der Waals surface area contributed by atoms with E-state index < -0.39 is 0 Å². The predicted octanol–water partition coefficient (Wildman–Crippen LogP) is 0.380. The van der Waals surface area contributed by atoms with Crippen molar-refractivity contribution in [2.45, 2.75) is 32.0 Å². The van der Waals surface area contributed by atoms with Crippen LogP contribution in [0.2, 0.25) is 0 Å². The van der Waals surface area contributed by atoms with E-state index in [4.69, 9.17) is 10.5 Å². The van der Waals surface area contributed by atoms with E-state index in [-0.39, 0.29) is 6.10 Å². The average molecular weight is 376 g/mol. The van der Waals surface area contributed by atoms with Gasteiger partial charge < -0.3 is 20.9 Å². The molecule has 3 rings (SSSR count). The minimum absolute atomic E-state index is 0.188. The Balaban J connectivity index is 1.41. The highest BCUT2D eigenvalue weighted by atomic mass is 16.5. The van der Waals surface area contributed by atoms with Crippen LogP contribution in [0.3, 0.4) is 0 Å². The van der Waals surface area contributed by atoms with Crippen molar-refractivity contribution in [2.75, 3.05) is 52.5 Å². The monoisotopic (exact) mass is 375 g/mol. The summed E-state index contributed by atoms with van der Waals surface area (Å²) in [6.45, 7) is 8.76. The van der Waals surface area contributed by atoms with E-state index in [1.807, 2.05) is 6.07 Å². The summed E-state index contributed by atoms with van der Waals surface area (Å²) in [6, 6.07) is 8.35. The molecule has 0 radical (unpaired) electrons. The molecule has 1 unspecified atom stereocenters. The van der Waals surface area contributed by atoms with Crippen molar-refractivity contribution >= 4 is 5.96 Å². The van der Waals surface area contributed by atoms with Crippen molar-refractivity contribution in [3.05, 3.63) is 35.4 Å². The number of aliphatic hydroxyl groups is 1. The molecule has 2 fully saturated rings. The molecule has 7 heteroatoms. The zero-order chi connectivity index (χ0) is 18.9. The molecule has 2 aliphatic heterocycles. The third-order valence-corrected chi connectivity index (χ3v) is 5.24. The number of nitrogens with two attached hydrogens (primary N) is 1. The molecule has 0 bridgehead atoms. The minimum Gasteiger partial charge on any atom is -0.392 e. The van der Waals surface area contributed by atoms with Gasteiger partial charge >= 0.3 is 0 Å².